The van der Waals surface area contributed by atoms with Crippen LogP contribution < -0.4 is 4.90 Å². The molecule has 0 spiro atoms. The second-order valence-corrected chi connectivity index (χ2v) is 7.02. The summed E-state index contributed by atoms with van der Waals surface area (Å²) in [6.45, 7) is 0.733. The molecule has 0 aromatic heterocycles. The van der Waals surface area contributed by atoms with E-state index in [1.807, 2.05) is 84.9 Å². The zero-order valence-electron chi connectivity index (χ0n) is 15.0. The van der Waals surface area contributed by atoms with E-state index in [-0.39, 0.29) is 5.91 Å². The van der Waals surface area contributed by atoms with Crippen LogP contribution in [0.3, 0.4) is 0 Å². The fraction of sp³-hybridized carbons (Fsp3) is 0.0870. The molecule has 4 heteroatoms. The number of para-hydroxylation sites is 1. The van der Waals surface area contributed by atoms with Gasteiger partial charge in [0.1, 0.15) is 0 Å². The average molecular weight is 375 g/mol. The third-order valence-electron chi connectivity index (χ3n) is 4.56. The number of fused-ring (bicyclic) bond motifs is 1. The van der Waals surface area contributed by atoms with Gasteiger partial charge in [-0.2, -0.15) is 0 Å². The molecular formula is C23H19ClN2O. The quantitative estimate of drug-likeness (QED) is 0.563. The molecule has 1 aliphatic heterocycles. The monoisotopic (exact) mass is 374 g/mol. The van der Waals surface area contributed by atoms with Gasteiger partial charge in [0.15, 0.2) is 0 Å². The molecule has 27 heavy (non-hydrogen) atoms. The number of hydrogen-bond acceptors (Lipinski definition) is 2. The molecule has 3 aromatic rings. The van der Waals surface area contributed by atoms with Crippen LogP contribution in [0.15, 0.2) is 85.1 Å². The first kappa shape index (κ1) is 17.4. The van der Waals surface area contributed by atoms with Crippen molar-refractivity contribution < 1.29 is 4.79 Å². The molecule has 1 aliphatic rings. The highest BCUT2D eigenvalue weighted by molar-refractivity contribution is 6.35. The van der Waals surface area contributed by atoms with Crippen LogP contribution in [0.5, 0.6) is 0 Å². The Balaban J connectivity index is 1.71. The van der Waals surface area contributed by atoms with Crippen molar-refractivity contribution in [3.05, 3.63) is 101 Å². The summed E-state index contributed by atoms with van der Waals surface area (Å²) in [6, 6.07) is 25.4. The number of nitrogens with zero attached hydrogens (tertiary/aromatic N) is 2. The number of amides is 1. The average Bonchev–Trinajstić information content (AvgIpc) is 2.94. The fourth-order valence-corrected chi connectivity index (χ4v) is 3.56. The Morgan fingerprint density at radius 3 is 2.48 bits per heavy atom. The summed E-state index contributed by atoms with van der Waals surface area (Å²) in [7, 11) is 1.98. The third kappa shape index (κ3) is 3.46. The van der Waals surface area contributed by atoms with E-state index in [0.717, 1.165) is 23.5 Å². The Bertz CT molecular complexity index is 1010. The van der Waals surface area contributed by atoms with Gasteiger partial charge in [0.05, 0.1) is 16.9 Å². The van der Waals surface area contributed by atoms with E-state index in [0.29, 0.717) is 10.6 Å². The van der Waals surface area contributed by atoms with E-state index < -0.39 is 0 Å². The van der Waals surface area contributed by atoms with Crippen LogP contribution >= 0.6 is 11.6 Å². The Morgan fingerprint density at radius 2 is 1.70 bits per heavy atom. The van der Waals surface area contributed by atoms with Crippen LogP contribution in [0.1, 0.15) is 11.1 Å². The summed E-state index contributed by atoms with van der Waals surface area (Å²) in [5.41, 5.74) is 4.46. The number of rotatable bonds is 4. The second kappa shape index (κ2) is 7.29. The van der Waals surface area contributed by atoms with Gasteiger partial charge in [-0.15, -0.1) is 0 Å². The topological polar surface area (TPSA) is 23.6 Å². The minimum atomic E-state index is -0.0432. The first-order chi connectivity index (χ1) is 13.1. The lowest BCUT2D eigenvalue weighted by molar-refractivity contribution is -0.112. The molecule has 4 rings (SSSR count). The zero-order chi connectivity index (χ0) is 18.8. The Morgan fingerprint density at radius 1 is 0.963 bits per heavy atom. The number of anilines is 2. The summed E-state index contributed by atoms with van der Waals surface area (Å²) in [5, 5.41) is 0.608. The summed E-state index contributed by atoms with van der Waals surface area (Å²) in [6.07, 6.45) is 1.93. The molecule has 134 valence electrons. The number of halogens is 1. The zero-order valence-corrected chi connectivity index (χ0v) is 15.7. The van der Waals surface area contributed by atoms with Crippen LogP contribution in [0.2, 0.25) is 5.02 Å². The molecule has 0 N–H and O–H groups in total. The molecule has 0 saturated heterocycles. The third-order valence-corrected chi connectivity index (χ3v) is 4.79. The molecule has 0 aliphatic carbocycles. The van der Waals surface area contributed by atoms with E-state index in [9.17, 15) is 4.79 Å². The van der Waals surface area contributed by atoms with Crippen LogP contribution in [0.25, 0.3) is 5.57 Å². The predicted molar refractivity (Wildman–Crippen MR) is 111 cm³/mol. The van der Waals surface area contributed by atoms with E-state index in [2.05, 4.69) is 12.1 Å². The Hall–Kier alpha value is -3.04. The SMILES string of the molecule is CN(/C=C1/C(=O)N(c2cccc(Cl)c2)c2ccccc21)Cc1ccccc1. The lowest BCUT2D eigenvalue weighted by Crippen LogP contribution is -2.21. The van der Waals surface area contributed by atoms with Crippen molar-refractivity contribution in [2.24, 2.45) is 0 Å². The van der Waals surface area contributed by atoms with Gasteiger partial charge >= 0.3 is 0 Å². The molecule has 0 atom stereocenters. The number of carbonyl (C=O) groups is 1. The lowest BCUT2D eigenvalue weighted by atomic mass is 10.1. The van der Waals surface area contributed by atoms with Gasteiger partial charge in [-0.25, -0.2) is 0 Å². The van der Waals surface area contributed by atoms with E-state index in [4.69, 9.17) is 11.6 Å². The maximum Gasteiger partial charge on any atom is 0.265 e. The molecular weight excluding hydrogens is 356 g/mol. The van der Waals surface area contributed by atoms with Crippen molar-refractivity contribution in [3.63, 3.8) is 0 Å². The summed E-state index contributed by atoms with van der Waals surface area (Å²) >= 11 is 6.15. The van der Waals surface area contributed by atoms with Crippen molar-refractivity contribution in [1.82, 2.24) is 4.90 Å². The van der Waals surface area contributed by atoms with Crippen LogP contribution in [0.4, 0.5) is 11.4 Å². The van der Waals surface area contributed by atoms with E-state index >= 15 is 0 Å². The minimum absolute atomic E-state index is 0.0432. The molecule has 1 heterocycles. The van der Waals surface area contributed by atoms with Crippen molar-refractivity contribution in [1.29, 1.82) is 0 Å². The number of hydrogen-bond donors (Lipinski definition) is 0. The lowest BCUT2D eigenvalue weighted by Gasteiger charge is -2.18. The molecule has 3 aromatic carbocycles. The highest BCUT2D eigenvalue weighted by Crippen LogP contribution is 2.41. The largest absolute Gasteiger partial charge is 0.375 e. The minimum Gasteiger partial charge on any atom is -0.375 e. The molecule has 0 radical (unpaired) electrons. The summed E-state index contributed by atoms with van der Waals surface area (Å²) in [4.78, 5) is 17.0. The number of benzene rings is 3. The van der Waals surface area contributed by atoms with Gasteiger partial charge in [-0.05, 0) is 29.8 Å². The maximum atomic E-state index is 13.3. The second-order valence-electron chi connectivity index (χ2n) is 6.58. The normalized spacial score (nSPS) is 14.5. The van der Waals surface area contributed by atoms with E-state index in [1.54, 1.807) is 4.90 Å². The predicted octanol–water partition coefficient (Wildman–Crippen LogP) is 5.49. The first-order valence-electron chi connectivity index (χ1n) is 8.79. The van der Waals surface area contributed by atoms with Crippen molar-refractivity contribution in [2.45, 2.75) is 6.54 Å². The molecule has 3 nitrogen and oxygen atoms in total. The smallest absolute Gasteiger partial charge is 0.265 e. The first-order valence-corrected chi connectivity index (χ1v) is 9.17. The molecule has 0 saturated carbocycles. The van der Waals surface area contributed by atoms with Gasteiger partial charge in [0.25, 0.3) is 5.91 Å². The van der Waals surface area contributed by atoms with Crippen molar-refractivity contribution >= 4 is 34.5 Å². The molecule has 0 fully saturated rings. The van der Waals surface area contributed by atoms with Crippen molar-refractivity contribution in [2.75, 3.05) is 11.9 Å². The standard InChI is InChI=1S/C23H19ClN2O/c1-25(15-17-8-3-2-4-9-17)16-21-20-12-5-6-13-22(20)26(23(21)27)19-11-7-10-18(24)14-19/h2-14,16H,15H2,1H3/b21-16+. The van der Waals surface area contributed by atoms with Gasteiger partial charge in [0, 0.05) is 30.4 Å². The molecule has 1 amide bonds. The highest BCUT2D eigenvalue weighted by Gasteiger charge is 2.33. The maximum absolute atomic E-state index is 13.3. The summed E-state index contributed by atoms with van der Waals surface area (Å²) in [5.74, 6) is -0.0432. The number of carbonyl (C=O) groups excluding carboxylic acids is 1. The highest BCUT2D eigenvalue weighted by atomic mass is 35.5. The Kier molecular flexibility index (Phi) is 4.69. The summed E-state index contributed by atoms with van der Waals surface area (Å²) < 4.78 is 0. The van der Waals surface area contributed by atoms with Gasteiger partial charge < -0.3 is 4.90 Å². The molecule has 0 bridgehead atoms. The fourth-order valence-electron chi connectivity index (χ4n) is 3.38. The van der Waals surface area contributed by atoms with Gasteiger partial charge in [-0.3, -0.25) is 9.69 Å². The molecule has 0 unspecified atom stereocenters. The van der Waals surface area contributed by atoms with Crippen LogP contribution in [-0.2, 0) is 11.3 Å². The van der Waals surface area contributed by atoms with E-state index in [1.165, 1.54) is 5.56 Å². The van der Waals surface area contributed by atoms with Crippen molar-refractivity contribution in [3.8, 4) is 0 Å². The van der Waals surface area contributed by atoms with Gasteiger partial charge in [-0.1, -0.05) is 66.2 Å². The van der Waals surface area contributed by atoms with Crippen LogP contribution in [-0.4, -0.2) is 17.9 Å². The van der Waals surface area contributed by atoms with Gasteiger partial charge in [0.2, 0.25) is 0 Å². The Labute approximate surface area is 164 Å². The van der Waals surface area contributed by atoms with Crippen LogP contribution in [0, 0.1) is 0 Å².